The third-order valence-electron chi connectivity index (χ3n) is 3.25. The summed E-state index contributed by atoms with van der Waals surface area (Å²) in [5, 5.41) is 11.4. The largest absolute Gasteiger partial charge is 0.481 e. The Morgan fingerprint density at radius 2 is 2.35 bits per heavy atom. The van der Waals surface area contributed by atoms with Crippen molar-refractivity contribution < 1.29 is 19.4 Å². The van der Waals surface area contributed by atoms with Crippen molar-refractivity contribution in [2.45, 2.75) is 25.6 Å². The molecule has 2 rings (SSSR count). The highest BCUT2D eigenvalue weighted by Gasteiger charge is 2.22. The molecule has 0 saturated heterocycles. The number of hydrogen-bond donors (Lipinski definition) is 2. The van der Waals surface area contributed by atoms with E-state index in [2.05, 4.69) is 10.3 Å². The molecule has 0 saturated carbocycles. The Morgan fingerprint density at radius 1 is 1.55 bits per heavy atom. The summed E-state index contributed by atoms with van der Waals surface area (Å²) in [5.74, 6) is -0.105. The zero-order valence-electron chi connectivity index (χ0n) is 11.3. The lowest BCUT2D eigenvalue weighted by atomic mass is 10.2. The monoisotopic (exact) mass is 282 g/mol. The molecule has 0 aromatic carbocycles. The maximum absolute atomic E-state index is 12.0. The van der Waals surface area contributed by atoms with E-state index < -0.39 is 12.1 Å². The standard InChI is InChI=1S/C12H18N4O4/c1-20-9(6-11(17)18)7-14-12(19)16-5-4-15-3-2-13-10(15)8-16/h2-3,9H,4-8H2,1H3,(H,14,19)(H,17,18). The van der Waals surface area contributed by atoms with Crippen LogP contribution in [-0.4, -0.2) is 57.9 Å². The fourth-order valence-corrected chi connectivity index (χ4v) is 2.09. The van der Waals surface area contributed by atoms with Crippen LogP contribution >= 0.6 is 0 Å². The fourth-order valence-electron chi connectivity index (χ4n) is 2.09. The average molecular weight is 282 g/mol. The number of hydrogen-bond acceptors (Lipinski definition) is 4. The highest BCUT2D eigenvalue weighted by Crippen LogP contribution is 2.10. The van der Waals surface area contributed by atoms with Crippen molar-refractivity contribution in [2.75, 3.05) is 20.2 Å². The second-order valence-corrected chi connectivity index (χ2v) is 4.60. The van der Waals surface area contributed by atoms with Gasteiger partial charge in [0.25, 0.3) is 0 Å². The molecule has 2 heterocycles. The molecule has 0 spiro atoms. The van der Waals surface area contributed by atoms with Gasteiger partial charge in [-0.15, -0.1) is 0 Å². The molecule has 8 heteroatoms. The minimum absolute atomic E-state index is 0.138. The van der Waals surface area contributed by atoms with Gasteiger partial charge in [0, 0.05) is 39.1 Å². The molecule has 1 aromatic rings. The van der Waals surface area contributed by atoms with Crippen LogP contribution in [0.5, 0.6) is 0 Å². The normalized spacial score (nSPS) is 15.6. The van der Waals surface area contributed by atoms with Crippen molar-refractivity contribution in [2.24, 2.45) is 0 Å². The summed E-state index contributed by atoms with van der Waals surface area (Å²) in [6.45, 7) is 1.94. The number of methoxy groups -OCH3 is 1. The number of ether oxygens (including phenoxy) is 1. The Hall–Kier alpha value is -2.09. The molecule has 1 aliphatic rings. The Bertz CT molecular complexity index is 488. The van der Waals surface area contributed by atoms with Crippen LogP contribution in [0.2, 0.25) is 0 Å². The van der Waals surface area contributed by atoms with Crippen LogP contribution in [-0.2, 0) is 22.6 Å². The lowest BCUT2D eigenvalue weighted by Gasteiger charge is -2.28. The molecule has 0 bridgehead atoms. The number of nitrogens with zero attached hydrogens (tertiary/aromatic N) is 3. The molecule has 0 aliphatic carbocycles. The first-order valence-corrected chi connectivity index (χ1v) is 6.37. The molecule has 0 fully saturated rings. The molecular formula is C12H18N4O4. The predicted octanol–water partition coefficient (Wildman–Crippen LogP) is -0.102. The van der Waals surface area contributed by atoms with E-state index in [-0.39, 0.29) is 19.0 Å². The third-order valence-corrected chi connectivity index (χ3v) is 3.25. The van der Waals surface area contributed by atoms with E-state index >= 15 is 0 Å². The van der Waals surface area contributed by atoms with Gasteiger partial charge >= 0.3 is 12.0 Å². The van der Waals surface area contributed by atoms with Crippen molar-refractivity contribution in [1.29, 1.82) is 0 Å². The SMILES string of the molecule is COC(CNC(=O)N1CCn2ccnc2C1)CC(=O)O. The Morgan fingerprint density at radius 3 is 3.05 bits per heavy atom. The Balaban J connectivity index is 1.82. The van der Waals surface area contributed by atoms with Gasteiger partial charge in [0.1, 0.15) is 5.82 Å². The molecule has 110 valence electrons. The van der Waals surface area contributed by atoms with Crippen LogP contribution in [0.3, 0.4) is 0 Å². The number of amides is 2. The van der Waals surface area contributed by atoms with Crippen LogP contribution in [0, 0.1) is 0 Å². The van der Waals surface area contributed by atoms with Gasteiger partial charge in [0.15, 0.2) is 0 Å². The number of carboxylic acids is 1. The number of carbonyl (C=O) groups excluding carboxylic acids is 1. The Kier molecular flexibility index (Phi) is 4.57. The van der Waals surface area contributed by atoms with E-state index in [1.54, 1.807) is 11.1 Å². The molecule has 1 unspecified atom stereocenters. The maximum Gasteiger partial charge on any atom is 0.317 e. The first-order chi connectivity index (χ1) is 9.60. The van der Waals surface area contributed by atoms with Gasteiger partial charge in [-0.05, 0) is 0 Å². The highest BCUT2D eigenvalue weighted by atomic mass is 16.5. The van der Waals surface area contributed by atoms with Gasteiger partial charge in [0.05, 0.1) is 19.1 Å². The van der Waals surface area contributed by atoms with Crippen molar-refractivity contribution >= 4 is 12.0 Å². The lowest BCUT2D eigenvalue weighted by Crippen LogP contribution is -2.46. The number of carboxylic acid groups (broad SMARTS) is 1. The summed E-state index contributed by atoms with van der Waals surface area (Å²) < 4.78 is 7.02. The maximum atomic E-state index is 12.0. The Labute approximate surface area is 116 Å². The minimum Gasteiger partial charge on any atom is -0.481 e. The van der Waals surface area contributed by atoms with Crippen molar-refractivity contribution in [3.63, 3.8) is 0 Å². The zero-order valence-corrected chi connectivity index (χ0v) is 11.3. The lowest BCUT2D eigenvalue weighted by molar-refractivity contribution is -0.139. The van der Waals surface area contributed by atoms with Crippen LogP contribution in [0.1, 0.15) is 12.2 Å². The number of rotatable bonds is 5. The zero-order chi connectivity index (χ0) is 14.5. The van der Waals surface area contributed by atoms with Crippen molar-refractivity contribution in [3.8, 4) is 0 Å². The number of fused-ring (bicyclic) bond motifs is 1. The quantitative estimate of drug-likeness (QED) is 0.786. The molecule has 0 radical (unpaired) electrons. The number of aliphatic carboxylic acids is 1. The van der Waals surface area contributed by atoms with Crippen molar-refractivity contribution in [1.82, 2.24) is 19.8 Å². The smallest absolute Gasteiger partial charge is 0.317 e. The predicted molar refractivity (Wildman–Crippen MR) is 69.1 cm³/mol. The summed E-state index contributed by atoms with van der Waals surface area (Å²) in [4.78, 5) is 28.4. The van der Waals surface area contributed by atoms with E-state index in [9.17, 15) is 9.59 Å². The van der Waals surface area contributed by atoms with Crippen LogP contribution in [0.4, 0.5) is 4.79 Å². The molecule has 1 atom stereocenters. The molecule has 8 nitrogen and oxygen atoms in total. The topological polar surface area (TPSA) is 96.7 Å². The molecular weight excluding hydrogens is 264 g/mol. The number of aromatic nitrogens is 2. The average Bonchev–Trinajstić information content (AvgIpc) is 2.89. The first-order valence-electron chi connectivity index (χ1n) is 6.37. The van der Waals surface area contributed by atoms with Crippen LogP contribution in [0.15, 0.2) is 12.4 Å². The second-order valence-electron chi connectivity index (χ2n) is 4.60. The van der Waals surface area contributed by atoms with Gasteiger partial charge in [-0.3, -0.25) is 4.79 Å². The first kappa shape index (κ1) is 14.3. The number of carbonyl (C=O) groups is 2. The van der Waals surface area contributed by atoms with E-state index in [0.29, 0.717) is 19.6 Å². The summed E-state index contributed by atoms with van der Waals surface area (Å²) in [6, 6.07) is -0.230. The van der Waals surface area contributed by atoms with E-state index in [4.69, 9.17) is 9.84 Å². The number of urea groups is 1. The van der Waals surface area contributed by atoms with Crippen molar-refractivity contribution in [3.05, 3.63) is 18.2 Å². The summed E-state index contributed by atoms with van der Waals surface area (Å²) in [7, 11) is 1.43. The molecule has 2 N–H and O–H groups in total. The van der Waals surface area contributed by atoms with Crippen LogP contribution < -0.4 is 5.32 Å². The van der Waals surface area contributed by atoms with Gasteiger partial charge in [-0.25, -0.2) is 9.78 Å². The number of imidazole rings is 1. The molecule has 1 aliphatic heterocycles. The van der Waals surface area contributed by atoms with Crippen LogP contribution in [0.25, 0.3) is 0 Å². The highest BCUT2D eigenvalue weighted by molar-refractivity contribution is 5.74. The summed E-state index contributed by atoms with van der Waals surface area (Å²) in [5.41, 5.74) is 0. The molecule has 2 amide bonds. The van der Waals surface area contributed by atoms with Gasteiger partial charge < -0.3 is 24.6 Å². The van der Waals surface area contributed by atoms with Gasteiger partial charge in [-0.2, -0.15) is 0 Å². The van der Waals surface area contributed by atoms with Gasteiger partial charge in [-0.1, -0.05) is 0 Å². The number of nitrogens with one attached hydrogen (secondary N) is 1. The summed E-state index contributed by atoms with van der Waals surface area (Å²) >= 11 is 0. The minimum atomic E-state index is -0.953. The molecule has 1 aromatic heterocycles. The van der Waals surface area contributed by atoms with E-state index in [1.807, 2.05) is 10.8 Å². The molecule has 20 heavy (non-hydrogen) atoms. The van der Waals surface area contributed by atoms with E-state index in [1.165, 1.54) is 7.11 Å². The van der Waals surface area contributed by atoms with E-state index in [0.717, 1.165) is 5.82 Å². The third kappa shape index (κ3) is 3.47. The fraction of sp³-hybridized carbons (Fsp3) is 0.583. The summed E-state index contributed by atoms with van der Waals surface area (Å²) in [6.07, 6.45) is 2.94. The second kappa shape index (κ2) is 6.38. The van der Waals surface area contributed by atoms with Gasteiger partial charge in [0.2, 0.25) is 0 Å².